The Bertz CT molecular complexity index is 2030. The maximum absolute atomic E-state index is 8.58. The van der Waals surface area contributed by atoms with E-state index in [4.69, 9.17) is 31.6 Å². The van der Waals surface area contributed by atoms with Crippen LogP contribution in [0.4, 0.5) is 0 Å². The number of rotatable bonds is 108. The first-order valence-electron chi connectivity index (χ1n) is 62.7. The van der Waals surface area contributed by atoms with Gasteiger partial charge in [-0.25, -0.2) is 0 Å². The first kappa shape index (κ1) is 140. The predicted molar refractivity (Wildman–Crippen MR) is 604 cm³/mol. The molecule has 0 saturated heterocycles. The van der Waals surface area contributed by atoms with Crippen molar-refractivity contribution in [3.05, 3.63) is 0 Å². The van der Waals surface area contributed by atoms with Crippen LogP contribution < -0.4 is 0 Å². The van der Waals surface area contributed by atoms with Crippen LogP contribution in [0.25, 0.3) is 0 Å². The third kappa shape index (κ3) is 87.9. The van der Waals surface area contributed by atoms with Gasteiger partial charge in [-0.3, -0.25) is 0 Å². The molecule has 9 nitrogen and oxygen atoms in total. The van der Waals surface area contributed by atoms with Gasteiger partial charge in [-0.15, -0.1) is 0 Å². The van der Waals surface area contributed by atoms with Crippen molar-refractivity contribution in [1.82, 2.24) is 0 Å². The first-order chi connectivity index (χ1) is 66.7. The number of nitriles is 6. The van der Waals surface area contributed by atoms with E-state index in [9.17, 15) is 0 Å². The van der Waals surface area contributed by atoms with Gasteiger partial charge in [-0.05, 0) is 154 Å². The summed E-state index contributed by atoms with van der Waals surface area (Å²) >= 11 is 0. The van der Waals surface area contributed by atoms with Gasteiger partial charge in [-0.1, -0.05) is 545 Å². The summed E-state index contributed by atoms with van der Waals surface area (Å²) in [5.74, 6) is 0. The Kier molecular flexibility index (Phi) is 112. The minimum absolute atomic E-state index is 1.03. The summed E-state index contributed by atoms with van der Waals surface area (Å²) < 4.78 is 4.45. The van der Waals surface area contributed by atoms with Crippen LogP contribution in [-0.2, 0) is 10.7 Å². The molecule has 0 radical (unpaired) electrons. The number of quaternary nitrogens is 3. The fraction of sp³-hybridized carbons (Fsp3) is 0.952. The van der Waals surface area contributed by atoms with Crippen molar-refractivity contribution in [2.75, 3.05) is 78.5 Å². The second-order valence-corrected chi connectivity index (χ2v) is 49.8. The molecule has 10 heteroatoms. The van der Waals surface area contributed by atoms with Crippen LogP contribution in [-0.4, -0.2) is 92.0 Å². The van der Waals surface area contributed by atoms with Gasteiger partial charge in [0.15, 0.2) is 0 Å². The molecule has 0 N–H and O–H groups in total. The summed E-state index contributed by atoms with van der Waals surface area (Å²) in [5, 5.41) is 51.5. The molecule has 0 saturated carbocycles. The molecular formula is C126H252FeN9. The molecule has 0 spiro atoms. The van der Waals surface area contributed by atoms with E-state index < -0.39 is 10.7 Å². The summed E-state index contributed by atoms with van der Waals surface area (Å²) in [4.78, 5) is 6.19. The van der Waals surface area contributed by atoms with E-state index in [0.717, 1.165) is 29.8 Å². The van der Waals surface area contributed by atoms with Gasteiger partial charge < -0.3 is 13.4 Å². The molecule has 0 rings (SSSR count). The Morgan fingerprint density at radius 2 is 0.162 bits per heavy atom. The quantitative estimate of drug-likeness (QED) is 0.0337. The summed E-state index contributed by atoms with van der Waals surface area (Å²) in [6, 6.07) is 0. The topological polar surface area (TPSA) is 143 Å². The van der Waals surface area contributed by atoms with Gasteiger partial charge in [0, 0.05) is 0 Å². The molecule has 0 aromatic heterocycles. The second kappa shape index (κ2) is 110. The van der Waals surface area contributed by atoms with Gasteiger partial charge in [0.1, 0.15) is 0 Å². The minimum atomic E-state index is -6.17. The monoisotopic (exact) mass is 1950 g/mol. The van der Waals surface area contributed by atoms with E-state index in [0.29, 0.717) is 0 Å². The Hall–Kier alpha value is -2.66. The molecule has 0 fully saturated rings. The van der Waals surface area contributed by atoms with Crippen molar-refractivity contribution < 1.29 is 24.2 Å². The van der Waals surface area contributed by atoms with Crippen LogP contribution in [0.1, 0.15) is 699 Å². The van der Waals surface area contributed by atoms with E-state index in [-0.39, 0.29) is 0 Å². The average molecular weight is 1950 g/mol. The van der Waals surface area contributed by atoms with Gasteiger partial charge >= 0.3 is 72.1 Å². The molecule has 136 heavy (non-hydrogen) atoms. The van der Waals surface area contributed by atoms with Gasteiger partial charge in [0.25, 0.3) is 0 Å². The van der Waals surface area contributed by atoms with E-state index >= 15 is 0 Å². The zero-order valence-electron chi connectivity index (χ0n) is 95.7. The molecule has 0 atom stereocenters. The zero-order valence-corrected chi connectivity index (χ0v) is 96.9. The number of nitrogens with zero attached hydrogens (tertiary/aromatic N) is 9. The Labute approximate surface area is 857 Å². The summed E-state index contributed by atoms with van der Waals surface area (Å²) in [5.41, 5.74) is 0. The van der Waals surface area contributed by atoms with Crippen LogP contribution in [0, 0.1) is 61.4 Å². The molecular weight excluding hydrogens is 1700 g/mol. The van der Waals surface area contributed by atoms with Crippen molar-refractivity contribution >= 4 is 0 Å². The predicted octanol–water partition coefficient (Wildman–Crippen LogP) is 43.2. The number of hydrogen-bond acceptors (Lipinski definition) is 6. The third-order valence-electron chi connectivity index (χ3n) is 31.0. The molecule has 0 aliphatic heterocycles. The molecule has 0 aromatic rings. The molecule has 0 amide bonds. The number of unbranched alkanes of at least 4 members (excludes halogenated alkanes) is 84. The van der Waals surface area contributed by atoms with E-state index in [1.54, 1.807) is 0 Å². The van der Waals surface area contributed by atoms with Gasteiger partial charge in [-0.2, -0.15) is 0 Å². The molecule has 0 unspecified atom stereocenters. The van der Waals surface area contributed by atoms with Crippen molar-refractivity contribution in [3.63, 3.8) is 0 Å². The van der Waals surface area contributed by atoms with Crippen LogP contribution in [0.5, 0.6) is 0 Å². The van der Waals surface area contributed by atoms with E-state index in [2.05, 4.69) is 83.1 Å². The molecule has 0 aromatic carbocycles. The fourth-order valence-corrected chi connectivity index (χ4v) is 22.1. The van der Waals surface area contributed by atoms with Crippen molar-refractivity contribution in [3.8, 4) is 29.8 Å². The third-order valence-corrected chi connectivity index (χ3v) is 34.7. The fourth-order valence-electron chi connectivity index (χ4n) is 21.3. The Balaban J connectivity index is -0.000000898. The van der Waals surface area contributed by atoms with Crippen LogP contribution in [0.3, 0.4) is 0 Å². The Morgan fingerprint density at radius 1 is 0.103 bits per heavy atom. The average Bonchev–Trinajstić information content (AvgIpc) is 0.701. The van der Waals surface area contributed by atoms with Crippen LogP contribution in [0.15, 0.2) is 0 Å². The summed E-state index contributed by atoms with van der Waals surface area (Å²) in [6.45, 7) is 45.8. The van der Waals surface area contributed by atoms with E-state index in [1.165, 1.54) is 708 Å². The molecule has 0 heterocycles. The summed E-state index contributed by atoms with van der Waals surface area (Å²) in [7, 11) is -6.17. The first-order valence-corrected chi connectivity index (χ1v) is 66.0. The molecule has 0 bridgehead atoms. The van der Waals surface area contributed by atoms with Crippen molar-refractivity contribution in [1.29, 1.82) is 31.6 Å². The number of hydrogen-bond donors (Lipinski definition) is 0. The van der Waals surface area contributed by atoms with E-state index in [1.807, 2.05) is 0 Å². The molecule has 0 aliphatic rings. The van der Waals surface area contributed by atoms with Crippen molar-refractivity contribution in [2.45, 2.75) is 699 Å². The standard InChI is InChI=1S/3C40H84N.6CN.Fe/c3*1-5-9-13-17-21-25-29-33-37-41(38-34-30-26-22-18-14-10-6-2,39-35-31-27-23-19-15-11-7-3)40-36-32-28-24-20-16-12-8-4;6*1-2;/h3*5-40H2,1-4H3;;;;;;;/q3*+1;;;;;;;-3. The second-order valence-electron chi connectivity index (χ2n) is 44.2. The normalized spacial score (nSPS) is 12.1. The van der Waals surface area contributed by atoms with Crippen LogP contribution >= 0.6 is 0 Å². The molecule has 0 aliphatic carbocycles. The van der Waals surface area contributed by atoms with Gasteiger partial charge in [0.2, 0.25) is 0 Å². The summed E-state index contributed by atoms with van der Waals surface area (Å²) in [6.07, 6.45) is 140. The Morgan fingerprint density at radius 3 is 0.213 bits per heavy atom. The maximum atomic E-state index is 8.58. The van der Waals surface area contributed by atoms with Crippen LogP contribution in [0.2, 0.25) is 0 Å². The van der Waals surface area contributed by atoms with Gasteiger partial charge in [0.05, 0.1) is 78.5 Å². The zero-order chi connectivity index (χ0) is 101. The SMILES string of the molecule is CCCCCCCCCC[N+](CCCCCCCCCC)(CCCCCCCCCC)CCCCCCCCCC.CCCCCCCCCC[N+](CCCCCCCCCC)(CCCCCCCCCC)CCCCCCCCCC.CCCCCCCCCC[N+](CCCCCCCCCC)(CCCCCCCCCC)CCCCCCCCCC.N#[C][Fe-3]([C]#N)([C]#N)([C]#N)([C]#N)[C]#N. The molecule has 809 valence electrons. The van der Waals surface area contributed by atoms with Crippen molar-refractivity contribution in [2.24, 2.45) is 0 Å².